The zero-order valence-electron chi connectivity index (χ0n) is 14.3. The highest BCUT2D eigenvalue weighted by molar-refractivity contribution is 6.31. The molecule has 132 valence electrons. The van der Waals surface area contributed by atoms with Gasteiger partial charge in [-0.25, -0.2) is 4.79 Å². The van der Waals surface area contributed by atoms with Crippen molar-refractivity contribution in [3.63, 3.8) is 0 Å². The van der Waals surface area contributed by atoms with Crippen molar-refractivity contribution in [3.8, 4) is 23.0 Å². The lowest BCUT2D eigenvalue weighted by atomic mass is 10.0. The Kier molecular flexibility index (Phi) is 5.04. The quantitative estimate of drug-likeness (QED) is 0.579. The highest BCUT2D eigenvalue weighted by Gasteiger charge is 2.16. The predicted molar refractivity (Wildman–Crippen MR) is 94.0 cm³/mol. The maximum Gasteiger partial charge on any atom is 0.349 e. The number of hydrogen-bond donors (Lipinski definition) is 0. The van der Waals surface area contributed by atoms with Gasteiger partial charge in [-0.1, -0.05) is 25.4 Å². The fourth-order valence-corrected chi connectivity index (χ4v) is 2.66. The number of hydrogen-bond acceptors (Lipinski definition) is 5. The number of rotatable bonds is 5. The summed E-state index contributed by atoms with van der Waals surface area (Å²) in [5.41, 5.74) is 1.84. The molecule has 2 aromatic rings. The van der Waals surface area contributed by atoms with Gasteiger partial charge in [-0.2, -0.15) is 0 Å². The van der Waals surface area contributed by atoms with Gasteiger partial charge in [0.05, 0.1) is 0 Å². The Morgan fingerprint density at radius 3 is 2.72 bits per heavy atom. The molecule has 0 atom stereocenters. The van der Waals surface area contributed by atoms with Crippen LogP contribution in [0, 0.1) is 6.92 Å². The molecule has 5 nitrogen and oxygen atoms in total. The van der Waals surface area contributed by atoms with E-state index in [4.69, 9.17) is 30.5 Å². The summed E-state index contributed by atoms with van der Waals surface area (Å²) in [5, 5.41) is 0.680. The minimum absolute atomic E-state index is 0.170. The van der Waals surface area contributed by atoms with Gasteiger partial charge in [0.1, 0.15) is 11.5 Å². The molecule has 1 aliphatic heterocycles. The number of carbonyl (C=O) groups is 1. The van der Waals surface area contributed by atoms with Crippen molar-refractivity contribution >= 4 is 17.6 Å². The molecule has 0 amide bonds. The van der Waals surface area contributed by atoms with Gasteiger partial charge in [-0.05, 0) is 48.2 Å². The van der Waals surface area contributed by atoms with Crippen LogP contribution in [-0.4, -0.2) is 19.4 Å². The van der Waals surface area contributed by atoms with Crippen LogP contribution in [0.25, 0.3) is 0 Å². The van der Waals surface area contributed by atoms with Crippen LogP contribution in [0.5, 0.6) is 23.0 Å². The van der Waals surface area contributed by atoms with E-state index in [0.717, 1.165) is 11.1 Å². The zero-order valence-corrected chi connectivity index (χ0v) is 15.1. The van der Waals surface area contributed by atoms with Crippen molar-refractivity contribution in [2.45, 2.75) is 26.7 Å². The highest BCUT2D eigenvalue weighted by atomic mass is 35.5. The van der Waals surface area contributed by atoms with Gasteiger partial charge in [-0.15, -0.1) is 0 Å². The van der Waals surface area contributed by atoms with E-state index in [1.165, 1.54) is 0 Å². The first-order valence-corrected chi connectivity index (χ1v) is 8.35. The molecule has 0 fully saturated rings. The highest BCUT2D eigenvalue weighted by Crippen LogP contribution is 2.35. The van der Waals surface area contributed by atoms with E-state index in [0.29, 0.717) is 28.0 Å². The van der Waals surface area contributed by atoms with Gasteiger partial charge in [0.2, 0.25) is 6.79 Å². The maximum absolute atomic E-state index is 12.1. The second-order valence-electron chi connectivity index (χ2n) is 6.07. The van der Waals surface area contributed by atoms with Crippen LogP contribution in [0.15, 0.2) is 30.3 Å². The average Bonchev–Trinajstić information content (AvgIpc) is 3.03. The molecular weight excluding hydrogens is 344 g/mol. The van der Waals surface area contributed by atoms with Crippen LogP contribution < -0.4 is 18.9 Å². The van der Waals surface area contributed by atoms with Gasteiger partial charge >= 0.3 is 5.97 Å². The first kappa shape index (κ1) is 17.4. The van der Waals surface area contributed by atoms with Gasteiger partial charge in [-0.3, -0.25) is 0 Å². The van der Waals surface area contributed by atoms with Crippen molar-refractivity contribution < 1.29 is 23.7 Å². The van der Waals surface area contributed by atoms with Gasteiger partial charge in [0, 0.05) is 11.1 Å². The van der Waals surface area contributed by atoms with Crippen LogP contribution >= 0.6 is 11.6 Å². The van der Waals surface area contributed by atoms with Crippen molar-refractivity contribution in [1.82, 2.24) is 0 Å². The van der Waals surface area contributed by atoms with Crippen LogP contribution in [0.4, 0.5) is 0 Å². The first-order chi connectivity index (χ1) is 11.9. The zero-order chi connectivity index (χ0) is 18.0. The lowest BCUT2D eigenvalue weighted by Gasteiger charge is -2.15. The fourth-order valence-electron chi connectivity index (χ4n) is 2.48. The topological polar surface area (TPSA) is 54.0 Å². The number of benzene rings is 2. The van der Waals surface area contributed by atoms with Crippen molar-refractivity contribution in [2.75, 3.05) is 13.4 Å². The molecule has 0 unspecified atom stereocenters. The van der Waals surface area contributed by atoms with Crippen molar-refractivity contribution in [2.24, 2.45) is 0 Å². The number of ether oxygens (including phenoxy) is 4. The minimum atomic E-state index is -0.499. The third-order valence-electron chi connectivity index (χ3n) is 3.83. The number of halogens is 1. The van der Waals surface area contributed by atoms with E-state index < -0.39 is 5.97 Å². The molecule has 1 aliphatic rings. The summed E-state index contributed by atoms with van der Waals surface area (Å²) in [5.74, 6) is 1.93. The summed E-state index contributed by atoms with van der Waals surface area (Å²) < 4.78 is 21.4. The molecule has 25 heavy (non-hydrogen) atoms. The lowest BCUT2D eigenvalue weighted by Crippen LogP contribution is -2.18. The monoisotopic (exact) mass is 362 g/mol. The van der Waals surface area contributed by atoms with Crippen LogP contribution in [0.2, 0.25) is 5.02 Å². The Balaban J connectivity index is 1.65. The van der Waals surface area contributed by atoms with Gasteiger partial charge in [0.15, 0.2) is 18.1 Å². The second-order valence-corrected chi connectivity index (χ2v) is 6.48. The third-order valence-corrected chi connectivity index (χ3v) is 4.24. The minimum Gasteiger partial charge on any atom is -0.482 e. The number of aryl methyl sites for hydroxylation is 1. The molecule has 0 aliphatic carbocycles. The van der Waals surface area contributed by atoms with E-state index in [-0.39, 0.29) is 19.3 Å². The summed E-state index contributed by atoms with van der Waals surface area (Å²) >= 11 is 6.18. The van der Waals surface area contributed by atoms with Crippen LogP contribution in [0.3, 0.4) is 0 Å². The normalized spacial score (nSPS) is 12.4. The predicted octanol–water partition coefficient (Wildman–Crippen LogP) is 4.48. The van der Waals surface area contributed by atoms with Crippen LogP contribution in [-0.2, 0) is 4.79 Å². The standard InChI is InChI=1S/C19H19ClO5/c1-11(2)14-8-15(20)12(3)6-17(14)22-9-19(21)25-13-4-5-16-18(7-13)24-10-23-16/h4-8,11H,9-10H2,1-3H3. The Morgan fingerprint density at radius 2 is 1.96 bits per heavy atom. The Labute approximate surface area is 151 Å². The summed E-state index contributed by atoms with van der Waals surface area (Å²) in [4.78, 5) is 12.1. The molecule has 0 radical (unpaired) electrons. The SMILES string of the molecule is Cc1cc(OCC(=O)Oc2ccc3c(c2)OCO3)c(C(C)C)cc1Cl. The Hall–Kier alpha value is -2.40. The van der Waals surface area contributed by atoms with E-state index in [9.17, 15) is 4.79 Å². The molecule has 0 aromatic heterocycles. The molecule has 0 saturated heterocycles. The smallest absolute Gasteiger partial charge is 0.349 e. The summed E-state index contributed by atoms with van der Waals surface area (Å²) in [7, 11) is 0. The Bertz CT molecular complexity index is 801. The molecule has 1 heterocycles. The van der Waals surface area contributed by atoms with E-state index in [2.05, 4.69) is 0 Å². The van der Waals surface area contributed by atoms with Crippen molar-refractivity contribution in [3.05, 3.63) is 46.5 Å². The summed E-state index contributed by atoms with van der Waals surface area (Å²) in [6.07, 6.45) is 0. The summed E-state index contributed by atoms with van der Waals surface area (Å²) in [6.45, 7) is 5.95. The first-order valence-electron chi connectivity index (χ1n) is 7.97. The molecular formula is C19H19ClO5. The van der Waals surface area contributed by atoms with Crippen molar-refractivity contribution in [1.29, 1.82) is 0 Å². The largest absolute Gasteiger partial charge is 0.482 e. The molecule has 0 N–H and O–H groups in total. The number of carbonyl (C=O) groups excluding carboxylic acids is 1. The molecule has 0 bridgehead atoms. The third kappa shape index (κ3) is 3.99. The molecule has 6 heteroatoms. The molecule has 2 aromatic carbocycles. The summed E-state index contributed by atoms with van der Waals surface area (Å²) in [6, 6.07) is 8.68. The van der Waals surface area contributed by atoms with E-state index in [1.807, 2.05) is 32.9 Å². The molecule has 3 rings (SSSR count). The number of esters is 1. The molecule has 0 saturated carbocycles. The van der Waals surface area contributed by atoms with E-state index >= 15 is 0 Å². The van der Waals surface area contributed by atoms with Gasteiger partial charge in [0.25, 0.3) is 0 Å². The maximum atomic E-state index is 12.1. The average molecular weight is 363 g/mol. The number of fused-ring (bicyclic) bond motifs is 1. The lowest BCUT2D eigenvalue weighted by molar-refractivity contribution is -0.136. The fraction of sp³-hybridized carbons (Fsp3) is 0.316. The van der Waals surface area contributed by atoms with Gasteiger partial charge < -0.3 is 18.9 Å². The molecule has 0 spiro atoms. The van der Waals surface area contributed by atoms with E-state index in [1.54, 1.807) is 18.2 Å². The van der Waals surface area contributed by atoms with Crippen LogP contribution in [0.1, 0.15) is 30.9 Å². The second kappa shape index (κ2) is 7.23. The Morgan fingerprint density at radius 1 is 1.20 bits per heavy atom.